The Morgan fingerprint density at radius 1 is 0.862 bits per heavy atom. The fourth-order valence-corrected chi connectivity index (χ4v) is 2.74. The molecule has 0 atom stereocenters. The molecule has 146 valence electrons. The SMILES string of the molecule is O=C(c1cc([N+](=O)[O-])cc([N+](=O)[O-])c1)N(Cc1cccnc1)Cc1cccnc1. The lowest BCUT2D eigenvalue weighted by molar-refractivity contribution is -0.394. The Labute approximate surface area is 164 Å². The molecule has 3 rings (SSSR count). The van der Waals surface area contributed by atoms with Crippen molar-refractivity contribution in [2.45, 2.75) is 13.1 Å². The fourth-order valence-electron chi connectivity index (χ4n) is 2.74. The van der Waals surface area contributed by atoms with Crippen molar-refractivity contribution in [2.75, 3.05) is 0 Å². The molecule has 0 unspecified atom stereocenters. The highest BCUT2D eigenvalue weighted by molar-refractivity contribution is 5.95. The van der Waals surface area contributed by atoms with Gasteiger partial charge in [0, 0.05) is 50.0 Å². The smallest absolute Gasteiger partial charge is 0.277 e. The fraction of sp³-hybridized carbons (Fsp3) is 0.105. The Morgan fingerprint density at radius 3 is 1.72 bits per heavy atom. The monoisotopic (exact) mass is 393 g/mol. The van der Waals surface area contributed by atoms with Gasteiger partial charge in [-0.1, -0.05) is 12.1 Å². The summed E-state index contributed by atoms with van der Waals surface area (Å²) in [7, 11) is 0. The van der Waals surface area contributed by atoms with Gasteiger partial charge in [-0.3, -0.25) is 35.0 Å². The second-order valence-electron chi connectivity index (χ2n) is 6.14. The Kier molecular flexibility index (Phi) is 5.83. The van der Waals surface area contributed by atoms with E-state index < -0.39 is 27.1 Å². The van der Waals surface area contributed by atoms with Gasteiger partial charge in [0.1, 0.15) is 0 Å². The quantitative estimate of drug-likeness (QED) is 0.445. The molecular formula is C19H15N5O5. The van der Waals surface area contributed by atoms with Gasteiger partial charge in [0.05, 0.1) is 21.5 Å². The summed E-state index contributed by atoms with van der Waals surface area (Å²) in [5.41, 5.74) is 0.295. The molecule has 0 saturated heterocycles. The zero-order valence-electron chi connectivity index (χ0n) is 15.0. The number of nitro benzene ring substituents is 2. The number of carbonyl (C=O) groups excluding carboxylic acids is 1. The Balaban J connectivity index is 1.99. The number of rotatable bonds is 7. The molecule has 1 amide bonds. The molecule has 0 aliphatic carbocycles. The van der Waals surface area contributed by atoms with Crippen LogP contribution in [0.25, 0.3) is 0 Å². The number of non-ortho nitro benzene ring substituents is 2. The largest absolute Gasteiger partial charge is 0.330 e. The van der Waals surface area contributed by atoms with E-state index in [0.717, 1.165) is 29.3 Å². The van der Waals surface area contributed by atoms with Gasteiger partial charge >= 0.3 is 0 Å². The number of pyridine rings is 2. The summed E-state index contributed by atoms with van der Waals surface area (Å²) >= 11 is 0. The zero-order chi connectivity index (χ0) is 20.8. The van der Waals surface area contributed by atoms with E-state index in [9.17, 15) is 25.0 Å². The molecule has 0 aliphatic heterocycles. The van der Waals surface area contributed by atoms with Crippen LogP contribution in [0, 0.1) is 20.2 Å². The zero-order valence-corrected chi connectivity index (χ0v) is 15.0. The van der Waals surface area contributed by atoms with Crippen LogP contribution in [0.5, 0.6) is 0 Å². The average molecular weight is 393 g/mol. The first kappa shape index (κ1) is 19.5. The summed E-state index contributed by atoms with van der Waals surface area (Å²) in [5, 5.41) is 22.3. The molecule has 10 nitrogen and oxygen atoms in total. The number of hydrogen-bond donors (Lipinski definition) is 0. The van der Waals surface area contributed by atoms with Gasteiger partial charge in [-0.2, -0.15) is 0 Å². The molecule has 2 heterocycles. The minimum Gasteiger partial charge on any atom is -0.330 e. The summed E-state index contributed by atoms with van der Waals surface area (Å²) in [6, 6.07) is 9.91. The Bertz CT molecular complexity index is 970. The van der Waals surface area contributed by atoms with Crippen molar-refractivity contribution in [1.29, 1.82) is 0 Å². The van der Waals surface area contributed by atoms with Crippen LogP contribution in [0.3, 0.4) is 0 Å². The normalized spacial score (nSPS) is 10.3. The van der Waals surface area contributed by atoms with E-state index in [1.54, 1.807) is 49.1 Å². The van der Waals surface area contributed by atoms with E-state index in [2.05, 4.69) is 9.97 Å². The van der Waals surface area contributed by atoms with Crippen molar-refractivity contribution >= 4 is 17.3 Å². The second kappa shape index (κ2) is 8.65. The summed E-state index contributed by atoms with van der Waals surface area (Å²) in [5.74, 6) is -0.579. The average Bonchev–Trinajstić information content (AvgIpc) is 2.74. The lowest BCUT2D eigenvalue weighted by Gasteiger charge is -2.23. The highest BCUT2D eigenvalue weighted by Crippen LogP contribution is 2.24. The number of hydrogen-bond acceptors (Lipinski definition) is 7. The summed E-state index contributed by atoms with van der Waals surface area (Å²) in [6.07, 6.45) is 6.39. The van der Waals surface area contributed by atoms with E-state index >= 15 is 0 Å². The maximum absolute atomic E-state index is 13.1. The molecule has 0 fully saturated rings. The third kappa shape index (κ3) is 4.95. The molecule has 3 aromatic rings. The van der Waals surface area contributed by atoms with Gasteiger partial charge in [-0.25, -0.2) is 0 Å². The van der Waals surface area contributed by atoms with E-state index in [0.29, 0.717) is 0 Å². The molecular weight excluding hydrogens is 378 g/mol. The number of amides is 1. The highest BCUT2D eigenvalue weighted by Gasteiger charge is 2.24. The molecule has 1 aromatic carbocycles. The molecule has 0 radical (unpaired) electrons. The van der Waals surface area contributed by atoms with Crippen molar-refractivity contribution in [3.8, 4) is 0 Å². The Morgan fingerprint density at radius 2 is 1.34 bits per heavy atom. The van der Waals surface area contributed by atoms with Crippen LogP contribution < -0.4 is 0 Å². The van der Waals surface area contributed by atoms with Crippen molar-refractivity contribution in [1.82, 2.24) is 14.9 Å². The minimum absolute atomic E-state index is 0.140. The van der Waals surface area contributed by atoms with Gasteiger partial charge in [-0.05, 0) is 23.3 Å². The van der Waals surface area contributed by atoms with Crippen LogP contribution in [0.2, 0.25) is 0 Å². The predicted molar refractivity (Wildman–Crippen MR) is 102 cm³/mol. The maximum Gasteiger partial charge on any atom is 0.277 e. The third-order valence-corrected chi connectivity index (χ3v) is 4.05. The standard InChI is InChI=1S/C19H15N5O5/c25-19(16-7-17(23(26)27)9-18(8-16)24(28)29)22(12-14-3-1-5-20-10-14)13-15-4-2-6-21-11-15/h1-11H,12-13H2. The van der Waals surface area contributed by atoms with Crippen LogP contribution >= 0.6 is 0 Å². The topological polar surface area (TPSA) is 132 Å². The van der Waals surface area contributed by atoms with Crippen LogP contribution in [0.4, 0.5) is 11.4 Å². The van der Waals surface area contributed by atoms with Gasteiger partial charge in [-0.15, -0.1) is 0 Å². The molecule has 10 heteroatoms. The summed E-state index contributed by atoms with van der Waals surface area (Å²) < 4.78 is 0. The van der Waals surface area contributed by atoms with E-state index in [1.807, 2.05) is 0 Å². The van der Waals surface area contributed by atoms with Crippen LogP contribution in [0.1, 0.15) is 21.5 Å². The number of nitro groups is 2. The second-order valence-corrected chi connectivity index (χ2v) is 6.14. The third-order valence-electron chi connectivity index (χ3n) is 4.05. The molecule has 29 heavy (non-hydrogen) atoms. The van der Waals surface area contributed by atoms with Gasteiger partial charge < -0.3 is 4.90 Å². The lowest BCUT2D eigenvalue weighted by Crippen LogP contribution is -2.30. The number of nitrogens with zero attached hydrogens (tertiary/aromatic N) is 5. The predicted octanol–water partition coefficient (Wildman–Crippen LogP) is 3.14. The first-order valence-electron chi connectivity index (χ1n) is 8.45. The number of aromatic nitrogens is 2. The van der Waals surface area contributed by atoms with Crippen molar-refractivity contribution in [3.05, 3.63) is 104 Å². The van der Waals surface area contributed by atoms with E-state index in [-0.39, 0.29) is 18.7 Å². The van der Waals surface area contributed by atoms with Crippen molar-refractivity contribution in [2.24, 2.45) is 0 Å². The van der Waals surface area contributed by atoms with Crippen LogP contribution in [0.15, 0.2) is 67.3 Å². The van der Waals surface area contributed by atoms with Crippen molar-refractivity contribution in [3.63, 3.8) is 0 Å². The molecule has 0 N–H and O–H groups in total. The summed E-state index contributed by atoms with van der Waals surface area (Å²) in [4.78, 5) is 43.4. The molecule has 0 saturated carbocycles. The lowest BCUT2D eigenvalue weighted by atomic mass is 10.1. The van der Waals surface area contributed by atoms with Gasteiger partial charge in [0.15, 0.2) is 0 Å². The number of benzene rings is 1. The first-order valence-corrected chi connectivity index (χ1v) is 8.45. The van der Waals surface area contributed by atoms with Crippen LogP contribution in [-0.2, 0) is 13.1 Å². The molecule has 0 bridgehead atoms. The van der Waals surface area contributed by atoms with Crippen LogP contribution in [-0.4, -0.2) is 30.6 Å². The van der Waals surface area contributed by atoms with Gasteiger partial charge in [0.25, 0.3) is 17.3 Å². The first-order chi connectivity index (χ1) is 13.9. The molecule has 0 spiro atoms. The van der Waals surface area contributed by atoms with Gasteiger partial charge in [0.2, 0.25) is 0 Å². The number of carbonyl (C=O) groups is 1. The Hall–Kier alpha value is -4.21. The molecule has 0 aliphatic rings. The highest BCUT2D eigenvalue weighted by atomic mass is 16.6. The maximum atomic E-state index is 13.1. The summed E-state index contributed by atoms with van der Waals surface area (Å²) in [6.45, 7) is 0.329. The minimum atomic E-state index is -0.768. The van der Waals surface area contributed by atoms with Crippen molar-refractivity contribution < 1.29 is 14.6 Å². The molecule has 2 aromatic heterocycles. The van der Waals surface area contributed by atoms with E-state index in [1.165, 1.54) is 4.90 Å². The van der Waals surface area contributed by atoms with E-state index in [4.69, 9.17) is 0 Å².